The predicted octanol–water partition coefficient (Wildman–Crippen LogP) is 1.58. The monoisotopic (exact) mass is 214 g/mol. The Morgan fingerprint density at radius 2 is 2.18 bits per heavy atom. The van der Waals surface area contributed by atoms with Crippen molar-refractivity contribution in [2.45, 2.75) is 0 Å². The Morgan fingerprint density at radius 1 is 1.27 bits per heavy atom. The van der Waals surface area contributed by atoms with Gasteiger partial charge in [-0.15, -0.1) is 0 Å². The number of aromatic amines is 2. The average molecular weight is 215 g/mol. The number of nitrogens with one attached hydrogen (secondary N) is 2. The van der Waals surface area contributed by atoms with E-state index in [0.717, 1.165) is 4.60 Å². The lowest BCUT2D eigenvalue weighted by molar-refractivity contribution is 1.30. The van der Waals surface area contributed by atoms with Crippen LogP contribution in [-0.4, -0.2) is 19.9 Å². The minimum atomic E-state index is 0.919. The fraction of sp³-hybridized carbons (Fsp3) is 0. The highest BCUT2D eigenvalue weighted by Gasteiger charge is 1.76. The molecule has 0 atom stereocenters. The first-order valence-corrected chi connectivity index (χ1v) is 3.75. The summed E-state index contributed by atoms with van der Waals surface area (Å²) in [5, 5.41) is 0. The molecule has 0 radical (unpaired) electrons. The van der Waals surface area contributed by atoms with Crippen LogP contribution in [0.2, 0.25) is 0 Å². The predicted molar refractivity (Wildman–Crippen MR) is 44.9 cm³/mol. The zero-order valence-electron chi connectivity index (χ0n) is 5.66. The first-order chi connectivity index (χ1) is 5.39. The Bertz CT molecular complexity index is 233. The minimum Gasteiger partial charge on any atom is -0.351 e. The number of aromatic nitrogens is 4. The van der Waals surface area contributed by atoms with Crippen LogP contribution in [0.1, 0.15) is 0 Å². The van der Waals surface area contributed by atoms with Crippen molar-refractivity contribution in [1.82, 2.24) is 19.9 Å². The van der Waals surface area contributed by atoms with Crippen LogP contribution in [0.3, 0.4) is 0 Å². The topological polar surface area (TPSA) is 57.4 Å². The van der Waals surface area contributed by atoms with Crippen molar-refractivity contribution in [3.63, 3.8) is 0 Å². The quantitative estimate of drug-likeness (QED) is 0.700. The van der Waals surface area contributed by atoms with E-state index in [9.17, 15) is 0 Å². The molecule has 0 saturated heterocycles. The normalized spacial score (nSPS) is 8.45. The smallest absolute Gasteiger partial charge is 0.102 e. The van der Waals surface area contributed by atoms with Gasteiger partial charge in [0.1, 0.15) is 4.60 Å². The maximum absolute atomic E-state index is 3.72. The minimum absolute atomic E-state index is 0.919. The van der Waals surface area contributed by atoms with Crippen molar-refractivity contribution in [3.05, 3.63) is 35.8 Å². The maximum atomic E-state index is 3.72. The molecule has 0 fully saturated rings. The highest BCUT2D eigenvalue weighted by Crippen LogP contribution is 1.98. The second-order valence-corrected chi connectivity index (χ2v) is 2.51. The Balaban J connectivity index is 0.000000112. The van der Waals surface area contributed by atoms with Gasteiger partial charge in [-0.2, -0.15) is 0 Å². The molecule has 2 N–H and O–H groups in total. The van der Waals surface area contributed by atoms with Crippen molar-refractivity contribution in [2.75, 3.05) is 0 Å². The fourth-order valence-corrected chi connectivity index (χ4v) is 0.675. The van der Waals surface area contributed by atoms with Crippen molar-refractivity contribution < 1.29 is 0 Å². The van der Waals surface area contributed by atoms with E-state index in [1.165, 1.54) is 0 Å². The number of imidazole rings is 2. The zero-order chi connectivity index (χ0) is 7.94. The van der Waals surface area contributed by atoms with E-state index in [2.05, 4.69) is 35.9 Å². The molecule has 0 unspecified atom stereocenters. The molecule has 0 aromatic carbocycles. The van der Waals surface area contributed by atoms with Crippen LogP contribution in [0.25, 0.3) is 0 Å². The molecule has 2 aromatic rings. The maximum Gasteiger partial charge on any atom is 0.102 e. The van der Waals surface area contributed by atoms with Crippen LogP contribution in [-0.2, 0) is 0 Å². The summed E-state index contributed by atoms with van der Waals surface area (Å²) in [4.78, 5) is 12.9. The molecular formula is C6H7BrN4. The summed E-state index contributed by atoms with van der Waals surface area (Å²) in [6, 6.07) is 0. The lowest BCUT2D eigenvalue weighted by Gasteiger charge is -1.64. The number of hydrogen-bond acceptors (Lipinski definition) is 2. The van der Waals surface area contributed by atoms with Gasteiger partial charge >= 0.3 is 0 Å². The number of rotatable bonds is 0. The highest BCUT2D eigenvalue weighted by atomic mass is 79.9. The number of hydrogen-bond donors (Lipinski definition) is 2. The SMILES string of the molecule is Brc1cnc[nH]1.c1c[nH]cn1. The summed E-state index contributed by atoms with van der Waals surface area (Å²) in [7, 11) is 0. The van der Waals surface area contributed by atoms with Crippen LogP contribution < -0.4 is 0 Å². The first kappa shape index (κ1) is 8.00. The molecule has 11 heavy (non-hydrogen) atoms. The second kappa shape index (κ2) is 4.68. The summed E-state index contributed by atoms with van der Waals surface area (Å²) >= 11 is 3.16. The first-order valence-electron chi connectivity index (χ1n) is 2.96. The van der Waals surface area contributed by atoms with Crippen molar-refractivity contribution in [1.29, 1.82) is 0 Å². The summed E-state index contributed by atoms with van der Waals surface area (Å²) in [6.45, 7) is 0. The van der Waals surface area contributed by atoms with Gasteiger partial charge in [-0.25, -0.2) is 9.97 Å². The third-order valence-electron chi connectivity index (χ3n) is 0.871. The second-order valence-electron chi connectivity index (χ2n) is 1.66. The molecule has 0 saturated carbocycles. The molecule has 0 bridgehead atoms. The van der Waals surface area contributed by atoms with Gasteiger partial charge in [-0.3, -0.25) is 0 Å². The molecule has 0 spiro atoms. The fourth-order valence-electron chi connectivity index (χ4n) is 0.454. The standard InChI is InChI=1S/C3H3BrN2.C3H4N2/c4-3-1-5-2-6-3;1-2-5-3-4-1/h1-2H,(H,5,6);1-3H,(H,4,5). The van der Waals surface area contributed by atoms with E-state index in [-0.39, 0.29) is 0 Å². The van der Waals surface area contributed by atoms with Gasteiger partial charge in [0.05, 0.1) is 18.9 Å². The molecule has 0 amide bonds. The molecular weight excluding hydrogens is 208 g/mol. The van der Waals surface area contributed by atoms with Crippen LogP contribution in [0, 0.1) is 0 Å². The third-order valence-corrected chi connectivity index (χ3v) is 1.30. The lowest BCUT2D eigenvalue weighted by Crippen LogP contribution is -1.50. The van der Waals surface area contributed by atoms with Crippen LogP contribution in [0.4, 0.5) is 0 Å². The van der Waals surface area contributed by atoms with Gasteiger partial charge in [0, 0.05) is 12.4 Å². The van der Waals surface area contributed by atoms with Gasteiger partial charge in [0.15, 0.2) is 0 Å². The molecule has 0 aliphatic heterocycles. The summed E-state index contributed by atoms with van der Waals surface area (Å²) in [5.41, 5.74) is 0. The van der Waals surface area contributed by atoms with E-state index in [1.807, 2.05) is 0 Å². The van der Waals surface area contributed by atoms with Crippen LogP contribution >= 0.6 is 15.9 Å². The largest absolute Gasteiger partial charge is 0.351 e. The summed E-state index contributed by atoms with van der Waals surface area (Å²) < 4.78 is 0.919. The van der Waals surface area contributed by atoms with Gasteiger partial charge in [-0.1, -0.05) is 0 Å². The van der Waals surface area contributed by atoms with Crippen LogP contribution in [0.5, 0.6) is 0 Å². The van der Waals surface area contributed by atoms with Crippen molar-refractivity contribution >= 4 is 15.9 Å². The van der Waals surface area contributed by atoms with Gasteiger partial charge < -0.3 is 9.97 Å². The molecule has 58 valence electrons. The van der Waals surface area contributed by atoms with Gasteiger partial charge in [-0.05, 0) is 15.9 Å². The Morgan fingerprint density at radius 3 is 2.36 bits per heavy atom. The zero-order valence-corrected chi connectivity index (χ0v) is 7.25. The Labute approximate surface area is 72.2 Å². The van der Waals surface area contributed by atoms with E-state index in [1.54, 1.807) is 31.2 Å². The van der Waals surface area contributed by atoms with Crippen LogP contribution in [0.15, 0.2) is 35.8 Å². The number of halogens is 1. The van der Waals surface area contributed by atoms with E-state index >= 15 is 0 Å². The molecule has 2 heterocycles. The molecule has 2 rings (SSSR count). The number of H-pyrrole nitrogens is 2. The van der Waals surface area contributed by atoms with Crippen molar-refractivity contribution in [3.8, 4) is 0 Å². The highest BCUT2D eigenvalue weighted by molar-refractivity contribution is 9.10. The van der Waals surface area contributed by atoms with Gasteiger partial charge in [0.2, 0.25) is 0 Å². The molecule has 2 aromatic heterocycles. The number of nitrogens with zero attached hydrogens (tertiary/aromatic N) is 2. The Kier molecular flexibility index (Phi) is 3.40. The average Bonchev–Trinajstić information content (AvgIpc) is 2.57. The molecule has 5 heteroatoms. The van der Waals surface area contributed by atoms with E-state index in [0.29, 0.717) is 0 Å². The molecule has 0 aliphatic rings. The van der Waals surface area contributed by atoms with Gasteiger partial charge in [0.25, 0.3) is 0 Å². The van der Waals surface area contributed by atoms with E-state index < -0.39 is 0 Å². The van der Waals surface area contributed by atoms with E-state index in [4.69, 9.17) is 0 Å². The van der Waals surface area contributed by atoms with Crippen molar-refractivity contribution in [2.24, 2.45) is 0 Å². The third kappa shape index (κ3) is 3.57. The Hall–Kier alpha value is -1.10. The molecule has 0 aliphatic carbocycles. The molecule has 4 nitrogen and oxygen atoms in total. The lowest BCUT2D eigenvalue weighted by atomic mass is 11.0. The summed E-state index contributed by atoms with van der Waals surface area (Å²) in [6.07, 6.45) is 8.39. The summed E-state index contributed by atoms with van der Waals surface area (Å²) in [5.74, 6) is 0.